The predicted molar refractivity (Wildman–Crippen MR) is 179 cm³/mol. The average Bonchev–Trinajstić information content (AvgIpc) is 3.64. The topological polar surface area (TPSA) is 28.0 Å². The van der Waals surface area contributed by atoms with Gasteiger partial charge in [0.25, 0.3) is 0 Å². The lowest BCUT2D eigenvalue weighted by Crippen LogP contribution is -2.19. The Morgan fingerprint density at radius 3 is 1.76 bits per heavy atom. The van der Waals surface area contributed by atoms with Gasteiger partial charge in [0.1, 0.15) is 0 Å². The molecule has 42 heavy (non-hydrogen) atoms. The summed E-state index contributed by atoms with van der Waals surface area (Å²) in [6.07, 6.45) is -0.206. The number of hydrogen-bond donors (Lipinski definition) is 0. The third-order valence-corrected chi connectivity index (χ3v) is 9.40. The van der Waals surface area contributed by atoms with Crippen molar-refractivity contribution in [1.29, 1.82) is 0 Å². The van der Waals surface area contributed by atoms with E-state index in [-0.39, 0.29) is 6.17 Å². The van der Waals surface area contributed by atoms with Crippen LogP contribution < -0.4 is 15.6 Å². The molecule has 0 radical (unpaired) electrons. The van der Waals surface area contributed by atoms with E-state index in [1.807, 2.05) is 35.6 Å². The molecule has 0 unspecified atom stereocenters. The highest BCUT2D eigenvalue weighted by atomic mass is 79.9. The molecular formula is C37H24BrN3S. The molecule has 0 fully saturated rings. The Bertz CT molecular complexity index is 2170. The first-order valence-electron chi connectivity index (χ1n) is 13.9. The third kappa shape index (κ3) is 4.51. The highest BCUT2D eigenvalue weighted by Gasteiger charge is 2.17. The second-order valence-corrected chi connectivity index (χ2v) is 12.4. The minimum Gasteiger partial charge on any atom is -0.310 e. The Morgan fingerprint density at radius 1 is 0.524 bits per heavy atom. The summed E-state index contributed by atoms with van der Waals surface area (Å²) in [5.74, 6) is 0. The van der Waals surface area contributed by atoms with Gasteiger partial charge < -0.3 is 4.90 Å². The third-order valence-electron chi connectivity index (χ3n) is 7.76. The monoisotopic (exact) mass is 621 g/mol. The van der Waals surface area contributed by atoms with Crippen LogP contribution in [-0.4, -0.2) is 0 Å². The fraction of sp³-hybridized carbons (Fsp3) is 0.0270. The van der Waals surface area contributed by atoms with E-state index in [9.17, 15) is 0 Å². The molecular weight excluding hydrogens is 598 g/mol. The number of nitrogens with zero attached hydrogens (tertiary/aromatic N) is 3. The van der Waals surface area contributed by atoms with Crippen molar-refractivity contribution < 1.29 is 0 Å². The van der Waals surface area contributed by atoms with Crippen LogP contribution in [0, 0.1) is 0 Å². The molecule has 1 aromatic heterocycles. The number of para-hydroxylation sites is 2. The van der Waals surface area contributed by atoms with Crippen molar-refractivity contribution in [2.45, 2.75) is 6.17 Å². The van der Waals surface area contributed by atoms with Gasteiger partial charge in [0, 0.05) is 41.7 Å². The Kier molecular flexibility index (Phi) is 6.20. The van der Waals surface area contributed by atoms with Crippen molar-refractivity contribution in [2.75, 3.05) is 4.90 Å². The van der Waals surface area contributed by atoms with Gasteiger partial charge in [0.2, 0.25) is 0 Å². The van der Waals surface area contributed by atoms with Crippen LogP contribution in [0.2, 0.25) is 0 Å². The minimum absolute atomic E-state index is 0.206. The molecule has 0 amide bonds. The van der Waals surface area contributed by atoms with E-state index >= 15 is 0 Å². The number of thiophene rings is 1. The molecule has 0 atom stereocenters. The summed E-state index contributed by atoms with van der Waals surface area (Å²) in [5.41, 5.74) is 6.79. The summed E-state index contributed by atoms with van der Waals surface area (Å²) in [5, 5.41) is 4.44. The number of anilines is 3. The van der Waals surface area contributed by atoms with Gasteiger partial charge in [-0.1, -0.05) is 82.7 Å². The Labute approximate surface area is 255 Å². The summed E-state index contributed by atoms with van der Waals surface area (Å²) < 4.78 is 3.66. The standard InChI is InChI=1S/C37H24BrN3S/c38-27-14-20-35-31(22-27)32-23-30(19-21-36(32)42-35)41(28-15-10-25(11-16-28)24-6-2-1-3-7-24)29-17-12-26(13-18-29)37-39-33-8-4-5-9-34(33)40-37/h1-23,37H. The quantitative estimate of drug-likeness (QED) is 0.188. The largest absolute Gasteiger partial charge is 0.310 e. The van der Waals surface area contributed by atoms with Gasteiger partial charge in [0.15, 0.2) is 6.17 Å². The van der Waals surface area contributed by atoms with Crippen LogP contribution in [0.5, 0.6) is 0 Å². The summed E-state index contributed by atoms with van der Waals surface area (Å²) in [4.78, 5) is 12.0. The van der Waals surface area contributed by atoms with Crippen molar-refractivity contribution in [2.24, 2.45) is 9.98 Å². The zero-order chi connectivity index (χ0) is 28.0. The smallest absolute Gasteiger partial charge is 0.166 e. The summed E-state index contributed by atoms with van der Waals surface area (Å²) >= 11 is 5.51. The molecule has 3 nitrogen and oxygen atoms in total. The maximum Gasteiger partial charge on any atom is 0.166 e. The highest BCUT2D eigenvalue weighted by molar-refractivity contribution is 9.10. The van der Waals surface area contributed by atoms with Gasteiger partial charge in [0.05, 0.1) is 10.7 Å². The average molecular weight is 623 g/mol. The van der Waals surface area contributed by atoms with Gasteiger partial charge in [-0.2, -0.15) is 0 Å². The molecule has 0 spiro atoms. The van der Waals surface area contributed by atoms with Crippen molar-refractivity contribution in [3.63, 3.8) is 0 Å². The lowest BCUT2D eigenvalue weighted by atomic mass is 10.0. The van der Waals surface area contributed by atoms with E-state index in [1.54, 1.807) is 0 Å². The maximum atomic E-state index is 4.83. The zero-order valence-corrected chi connectivity index (χ0v) is 24.9. The zero-order valence-electron chi connectivity index (χ0n) is 22.5. The summed E-state index contributed by atoms with van der Waals surface area (Å²) in [6.45, 7) is 0. The number of hydrogen-bond acceptors (Lipinski definition) is 4. The molecule has 0 aliphatic carbocycles. The molecule has 0 bridgehead atoms. The van der Waals surface area contributed by atoms with Crippen molar-refractivity contribution in [3.8, 4) is 11.1 Å². The lowest BCUT2D eigenvalue weighted by Gasteiger charge is -2.26. The van der Waals surface area contributed by atoms with Crippen LogP contribution in [-0.2, 0) is 0 Å². The molecule has 7 aromatic rings. The van der Waals surface area contributed by atoms with E-state index in [2.05, 4.69) is 136 Å². The normalized spacial score (nSPS) is 12.7. The van der Waals surface area contributed by atoms with Crippen LogP contribution in [0.1, 0.15) is 11.7 Å². The van der Waals surface area contributed by atoms with E-state index in [0.29, 0.717) is 0 Å². The highest BCUT2D eigenvalue weighted by Crippen LogP contribution is 2.41. The molecule has 200 valence electrons. The van der Waals surface area contributed by atoms with Crippen molar-refractivity contribution >= 4 is 64.5 Å². The molecule has 1 aliphatic heterocycles. The van der Waals surface area contributed by atoms with Crippen LogP contribution in [0.3, 0.4) is 0 Å². The number of benzene rings is 6. The van der Waals surface area contributed by atoms with Gasteiger partial charge in [-0.25, -0.2) is 0 Å². The Balaban J connectivity index is 1.23. The molecule has 2 heterocycles. The lowest BCUT2D eigenvalue weighted by molar-refractivity contribution is 0.771. The molecule has 5 heteroatoms. The first-order valence-corrected chi connectivity index (χ1v) is 15.5. The molecule has 8 rings (SSSR count). The minimum atomic E-state index is -0.206. The van der Waals surface area contributed by atoms with Crippen LogP contribution in [0.4, 0.5) is 17.1 Å². The van der Waals surface area contributed by atoms with Crippen LogP contribution in [0.25, 0.3) is 31.3 Å². The second kappa shape index (κ2) is 10.4. The summed E-state index contributed by atoms with van der Waals surface area (Å²) in [7, 11) is 0. The second-order valence-electron chi connectivity index (χ2n) is 10.4. The Morgan fingerprint density at radius 2 is 1.07 bits per heavy atom. The number of rotatable bonds is 5. The first-order chi connectivity index (χ1) is 20.7. The van der Waals surface area contributed by atoms with Crippen LogP contribution in [0.15, 0.2) is 154 Å². The number of halogens is 1. The molecule has 0 saturated heterocycles. The Hall–Kier alpha value is -4.58. The van der Waals surface area contributed by atoms with E-state index in [4.69, 9.17) is 9.98 Å². The summed E-state index contributed by atoms with van der Waals surface area (Å²) in [6, 6.07) is 49.4. The van der Waals surface area contributed by atoms with E-state index in [1.165, 1.54) is 31.3 Å². The van der Waals surface area contributed by atoms with E-state index in [0.717, 1.165) is 37.8 Å². The number of fused-ring (bicyclic) bond motifs is 4. The SMILES string of the molecule is Brc1ccc2sc3ccc(N(c4ccc(-c5ccccc5)cc4)c4ccc(C5N=c6ccccc6=N5)cc4)cc3c2c1. The fourth-order valence-corrected chi connectivity index (χ4v) is 7.10. The molecule has 6 aromatic carbocycles. The molecule has 0 saturated carbocycles. The van der Waals surface area contributed by atoms with Crippen LogP contribution >= 0.6 is 27.3 Å². The maximum absolute atomic E-state index is 4.83. The molecule has 0 N–H and O–H groups in total. The van der Waals surface area contributed by atoms with Crippen molar-refractivity contribution in [3.05, 3.63) is 160 Å². The first kappa shape index (κ1) is 25.2. The van der Waals surface area contributed by atoms with Gasteiger partial charge >= 0.3 is 0 Å². The van der Waals surface area contributed by atoms with Crippen molar-refractivity contribution in [1.82, 2.24) is 0 Å². The fourth-order valence-electron chi connectivity index (χ4n) is 5.68. The predicted octanol–water partition coefficient (Wildman–Crippen LogP) is 9.91. The van der Waals surface area contributed by atoms with Gasteiger partial charge in [-0.3, -0.25) is 9.98 Å². The van der Waals surface area contributed by atoms with Gasteiger partial charge in [-0.15, -0.1) is 11.3 Å². The van der Waals surface area contributed by atoms with E-state index < -0.39 is 0 Å². The van der Waals surface area contributed by atoms with Gasteiger partial charge in [-0.05, 0) is 89.5 Å². The molecule has 1 aliphatic rings.